The number of hydrogen-bond acceptors (Lipinski definition) is 5. The normalized spacial score (nSPS) is 12.9. The number of hydrogen-bond donors (Lipinski definition) is 1. The lowest BCUT2D eigenvalue weighted by Gasteiger charge is -2.15. The van der Waals surface area contributed by atoms with Crippen LogP contribution >= 0.6 is 11.8 Å². The van der Waals surface area contributed by atoms with Crippen LogP contribution in [0.4, 0.5) is 17.3 Å². The molecule has 0 saturated carbocycles. The van der Waals surface area contributed by atoms with Gasteiger partial charge in [0.05, 0.1) is 5.75 Å². The van der Waals surface area contributed by atoms with Crippen molar-refractivity contribution in [3.8, 4) is 0 Å². The van der Waals surface area contributed by atoms with Crippen LogP contribution in [0.25, 0.3) is 0 Å². The van der Waals surface area contributed by atoms with E-state index >= 15 is 0 Å². The minimum absolute atomic E-state index is 0.0317. The fourth-order valence-electron chi connectivity index (χ4n) is 3.74. The second-order valence-corrected chi connectivity index (χ2v) is 8.47. The molecule has 29 heavy (non-hydrogen) atoms. The van der Waals surface area contributed by atoms with E-state index < -0.39 is 0 Å². The van der Waals surface area contributed by atoms with Gasteiger partial charge in [-0.1, -0.05) is 47.2 Å². The number of carbonyl (C=O) groups is 1. The zero-order valence-corrected chi connectivity index (χ0v) is 18.0. The van der Waals surface area contributed by atoms with E-state index in [1.54, 1.807) is 0 Å². The van der Waals surface area contributed by atoms with Crippen molar-refractivity contribution in [1.82, 2.24) is 14.8 Å². The standard InChI is InChI=1S/C22H25N5OS/c1-14-5-7-18(8-6-14)26-9-10-27-21(26)24-25-22(27)29-13-19(28)23-20-16(3)11-15(2)12-17(20)4/h5-8,11-12H,9-10,13H2,1-4H3,(H,23,28). The van der Waals surface area contributed by atoms with E-state index in [2.05, 4.69) is 75.2 Å². The molecule has 0 atom stereocenters. The molecule has 1 N–H and O–H groups in total. The number of thioether (sulfide) groups is 1. The van der Waals surface area contributed by atoms with E-state index in [9.17, 15) is 4.79 Å². The Bertz CT molecular complexity index is 1030. The van der Waals surface area contributed by atoms with Gasteiger partial charge >= 0.3 is 0 Å². The molecule has 1 aliphatic rings. The van der Waals surface area contributed by atoms with Crippen LogP contribution in [0.5, 0.6) is 0 Å². The Hall–Kier alpha value is -2.80. The maximum atomic E-state index is 12.5. The van der Waals surface area contributed by atoms with Crippen LogP contribution in [-0.2, 0) is 11.3 Å². The molecule has 0 fully saturated rings. The van der Waals surface area contributed by atoms with Gasteiger partial charge in [0.1, 0.15) is 0 Å². The second kappa shape index (κ2) is 7.91. The molecule has 0 saturated heterocycles. The van der Waals surface area contributed by atoms with Crippen LogP contribution in [0.15, 0.2) is 41.6 Å². The second-order valence-electron chi connectivity index (χ2n) is 7.53. The van der Waals surface area contributed by atoms with Crippen molar-refractivity contribution in [3.05, 3.63) is 58.7 Å². The smallest absolute Gasteiger partial charge is 0.234 e. The summed E-state index contributed by atoms with van der Waals surface area (Å²) in [5, 5.41) is 12.5. The number of aryl methyl sites for hydroxylation is 4. The third-order valence-electron chi connectivity index (χ3n) is 5.11. The lowest BCUT2D eigenvalue weighted by atomic mass is 10.1. The van der Waals surface area contributed by atoms with Crippen LogP contribution in [0, 0.1) is 27.7 Å². The van der Waals surface area contributed by atoms with Gasteiger partial charge in [-0.3, -0.25) is 9.36 Å². The molecule has 2 heterocycles. The van der Waals surface area contributed by atoms with Crippen molar-refractivity contribution in [2.24, 2.45) is 0 Å². The molecule has 1 aromatic heterocycles. The maximum absolute atomic E-state index is 12.5. The fraction of sp³-hybridized carbons (Fsp3) is 0.318. The predicted molar refractivity (Wildman–Crippen MR) is 118 cm³/mol. The summed E-state index contributed by atoms with van der Waals surface area (Å²) < 4.78 is 2.08. The highest BCUT2D eigenvalue weighted by atomic mass is 32.2. The fourth-order valence-corrected chi connectivity index (χ4v) is 4.49. The number of benzene rings is 2. The van der Waals surface area contributed by atoms with Crippen molar-refractivity contribution in [1.29, 1.82) is 0 Å². The molecule has 0 spiro atoms. The molecule has 0 aliphatic carbocycles. The molecule has 2 aromatic carbocycles. The van der Waals surface area contributed by atoms with E-state index in [1.165, 1.54) is 22.9 Å². The Balaban J connectivity index is 1.42. The quantitative estimate of drug-likeness (QED) is 0.636. The van der Waals surface area contributed by atoms with Crippen LogP contribution in [0.1, 0.15) is 22.3 Å². The van der Waals surface area contributed by atoms with E-state index in [-0.39, 0.29) is 5.91 Å². The Morgan fingerprint density at radius 3 is 2.38 bits per heavy atom. The third kappa shape index (κ3) is 4.00. The average molecular weight is 408 g/mol. The van der Waals surface area contributed by atoms with Crippen LogP contribution in [0.3, 0.4) is 0 Å². The first-order chi connectivity index (χ1) is 13.9. The maximum Gasteiger partial charge on any atom is 0.234 e. The monoisotopic (exact) mass is 407 g/mol. The summed E-state index contributed by atoms with van der Waals surface area (Å²) >= 11 is 1.42. The number of nitrogens with one attached hydrogen (secondary N) is 1. The number of nitrogens with zero attached hydrogens (tertiary/aromatic N) is 4. The topological polar surface area (TPSA) is 63.1 Å². The van der Waals surface area contributed by atoms with E-state index in [4.69, 9.17) is 0 Å². The lowest BCUT2D eigenvalue weighted by Crippen LogP contribution is -2.16. The van der Waals surface area contributed by atoms with Crippen molar-refractivity contribution < 1.29 is 4.79 Å². The third-order valence-corrected chi connectivity index (χ3v) is 6.07. The summed E-state index contributed by atoms with van der Waals surface area (Å²) in [5.74, 6) is 1.10. The van der Waals surface area contributed by atoms with E-state index in [0.29, 0.717) is 5.75 Å². The largest absolute Gasteiger partial charge is 0.325 e. The van der Waals surface area contributed by atoms with Gasteiger partial charge in [-0.2, -0.15) is 0 Å². The minimum atomic E-state index is -0.0317. The molecule has 4 rings (SSSR count). The van der Waals surface area contributed by atoms with E-state index in [1.807, 2.05) is 13.8 Å². The summed E-state index contributed by atoms with van der Waals surface area (Å²) in [6, 6.07) is 12.6. The van der Waals surface area contributed by atoms with Gasteiger partial charge in [0.25, 0.3) is 0 Å². The van der Waals surface area contributed by atoms with Crippen molar-refractivity contribution in [3.63, 3.8) is 0 Å². The number of amides is 1. The number of rotatable bonds is 5. The molecule has 3 aromatic rings. The summed E-state index contributed by atoms with van der Waals surface area (Å²) in [6.45, 7) is 9.86. The molecule has 7 heteroatoms. The van der Waals surface area contributed by atoms with Crippen molar-refractivity contribution in [2.75, 3.05) is 22.5 Å². The molecule has 0 radical (unpaired) electrons. The molecule has 150 valence electrons. The molecular weight excluding hydrogens is 382 g/mol. The Morgan fingerprint density at radius 1 is 1.00 bits per heavy atom. The predicted octanol–water partition coefficient (Wildman–Crippen LogP) is 4.39. The Labute approximate surface area is 175 Å². The summed E-state index contributed by atoms with van der Waals surface area (Å²) in [7, 11) is 0. The highest BCUT2D eigenvalue weighted by Gasteiger charge is 2.26. The molecule has 6 nitrogen and oxygen atoms in total. The van der Waals surface area contributed by atoms with Gasteiger partial charge in [-0.15, -0.1) is 10.2 Å². The van der Waals surface area contributed by atoms with Crippen LogP contribution < -0.4 is 10.2 Å². The zero-order chi connectivity index (χ0) is 20.5. The molecule has 0 unspecified atom stereocenters. The number of anilines is 3. The van der Waals surface area contributed by atoms with E-state index in [0.717, 1.165) is 46.7 Å². The molecule has 1 amide bonds. The van der Waals surface area contributed by atoms with Crippen molar-refractivity contribution >= 4 is 35.0 Å². The SMILES string of the molecule is Cc1ccc(N2CCn3c(SCC(=O)Nc4c(C)cc(C)cc4C)nnc32)cc1. The van der Waals surface area contributed by atoms with Gasteiger partial charge < -0.3 is 10.2 Å². The number of aromatic nitrogens is 3. The minimum Gasteiger partial charge on any atom is -0.325 e. The summed E-state index contributed by atoms with van der Waals surface area (Å²) in [4.78, 5) is 14.7. The van der Waals surface area contributed by atoms with Gasteiger partial charge in [-0.25, -0.2) is 0 Å². The van der Waals surface area contributed by atoms with Crippen molar-refractivity contribution in [2.45, 2.75) is 39.4 Å². The first-order valence-corrected chi connectivity index (χ1v) is 10.7. The van der Waals surface area contributed by atoms with Gasteiger partial charge in [0.15, 0.2) is 5.16 Å². The highest BCUT2D eigenvalue weighted by Crippen LogP contribution is 2.32. The number of fused-ring (bicyclic) bond motifs is 1. The lowest BCUT2D eigenvalue weighted by molar-refractivity contribution is -0.113. The molecular formula is C22H25N5OS. The zero-order valence-electron chi connectivity index (χ0n) is 17.2. The Morgan fingerprint density at radius 2 is 1.69 bits per heavy atom. The molecule has 1 aliphatic heterocycles. The average Bonchev–Trinajstić information content (AvgIpc) is 3.26. The van der Waals surface area contributed by atoms with Gasteiger partial charge in [-0.05, 0) is 51.0 Å². The highest BCUT2D eigenvalue weighted by molar-refractivity contribution is 7.99. The summed E-state index contributed by atoms with van der Waals surface area (Å²) in [5.41, 5.74) is 6.61. The van der Waals surface area contributed by atoms with Crippen LogP contribution in [-0.4, -0.2) is 33.0 Å². The Kier molecular flexibility index (Phi) is 5.32. The summed E-state index contributed by atoms with van der Waals surface area (Å²) in [6.07, 6.45) is 0. The van der Waals surface area contributed by atoms with Crippen LogP contribution in [0.2, 0.25) is 0 Å². The first-order valence-electron chi connectivity index (χ1n) is 9.70. The number of carbonyl (C=O) groups excluding carboxylic acids is 1. The van der Waals surface area contributed by atoms with Gasteiger partial charge in [0, 0.05) is 24.5 Å². The van der Waals surface area contributed by atoms with Gasteiger partial charge in [0.2, 0.25) is 11.9 Å². The first kappa shape index (κ1) is 19.5. The molecule has 0 bridgehead atoms.